The van der Waals surface area contributed by atoms with Gasteiger partial charge in [0.05, 0.1) is 6.61 Å². The van der Waals surface area contributed by atoms with Crippen LogP contribution >= 0.6 is 0 Å². The minimum Gasteiger partial charge on any atom is -0.466 e. The number of anilines is 1. The van der Waals surface area contributed by atoms with Gasteiger partial charge in [0.15, 0.2) is 0 Å². The van der Waals surface area contributed by atoms with Crippen molar-refractivity contribution in [3.63, 3.8) is 0 Å². The zero-order valence-electron chi connectivity index (χ0n) is 15.9. The van der Waals surface area contributed by atoms with Crippen LogP contribution in [0.25, 0.3) is 0 Å². The average molecular weight is 363 g/mol. The smallest absolute Gasteiger partial charge is 0.315 e. The molecule has 2 N–H and O–H groups in total. The highest BCUT2D eigenvalue weighted by Crippen LogP contribution is 2.18. The Hall–Kier alpha value is -2.38. The average Bonchev–Trinajstić information content (AvgIpc) is 2.59. The van der Waals surface area contributed by atoms with E-state index in [9.17, 15) is 9.59 Å². The lowest BCUT2D eigenvalue weighted by Crippen LogP contribution is -2.48. The van der Waals surface area contributed by atoms with Crippen molar-refractivity contribution in [2.75, 3.05) is 31.1 Å². The van der Waals surface area contributed by atoms with Crippen LogP contribution in [0.2, 0.25) is 0 Å². The first-order valence-corrected chi connectivity index (χ1v) is 9.25. The Balaban J connectivity index is 1.66. The molecule has 26 heavy (non-hydrogen) atoms. The summed E-state index contributed by atoms with van der Waals surface area (Å²) in [5.41, 5.74) is 0.968. The fourth-order valence-corrected chi connectivity index (χ4v) is 3.02. The lowest BCUT2D eigenvalue weighted by Gasteiger charge is -2.33. The maximum absolute atomic E-state index is 11.9. The van der Waals surface area contributed by atoms with Crippen molar-refractivity contribution in [3.8, 4) is 0 Å². The van der Waals surface area contributed by atoms with E-state index >= 15 is 0 Å². The molecular formula is C18H29N5O3. The quantitative estimate of drug-likeness (QED) is 0.565. The summed E-state index contributed by atoms with van der Waals surface area (Å²) in [6, 6.07) is 1.97. The Bertz CT molecular complexity index is 595. The maximum atomic E-state index is 11.9. The third-order valence-corrected chi connectivity index (χ3v) is 4.26. The fourth-order valence-electron chi connectivity index (χ4n) is 3.02. The molecule has 0 aromatic carbocycles. The molecule has 2 amide bonds. The lowest BCUT2D eigenvalue weighted by molar-refractivity contribution is -0.143. The molecule has 0 atom stereocenters. The molecule has 1 saturated heterocycles. The molecule has 0 radical (unpaired) electrons. The number of carbonyl (C=O) groups excluding carboxylic acids is 2. The van der Waals surface area contributed by atoms with Crippen LogP contribution < -0.4 is 15.5 Å². The van der Waals surface area contributed by atoms with E-state index in [-0.39, 0.29) is 18.0 Å². The van der Waals surface area contributed by atoms with Crippen LogP contribution in [0.3, 0.4) is 0 Å². The number of hydrogen-bond donors (Lipinski definition) is 2. The molecule has 2 rings (SSSR count). The van der Waals surface area contributed by atoms with Crippen molar-refractivity contribution in [3.05, 3.63) is 17.6 Å². The van der Waals surface area contributed by atoms with E-state index in [2.05, 4.69) is 25.5 Å². The molecule has 0 bridgehead atoms. The molecule has 1 aromatic rings. The first-order valence-electron chi connectivity index (χ1n) is 9.25. The summed E-state index contributed by atoms with van der Waals surface area (Å²) in [6.07, 6.45) is 2.65. The largest absolute Gasteiger partial charge is 0.466 e. The van der Waals surface area contributed by atoms with Gasteiger partial charge in [0.2, 0.25) is 0 Å². The number of nitrogens with one attached hydrogen (secondary N) is 2. The molecule has 8 heteroatoms. The number of piperidine rings is 1. The summed E-state index contributed by atoms with van der Waals surface area (Å²) in [7, 11) is 0. The highest BCUT2D eigenvalue weighted by Gasteiger charge is 2.21. The molecular weight excluding hydrogens is 334 g/mol. The van der Waals surface area contributed by atoms with Gasteiger partial charge in [-0.25, -0.2) is 14.8 Å². The standard InChI is InChI=1S/C18H29N5O3/c1-4-26-17(24)6-5-9-19-18(25)22-15-7-10-23(11-8-15)16-12-13(2)20-14(3)21-16/h12,15H,4-11H2,1-3H3,(H2,19,22,25). The van der Waals surface area contributed by atoms with E-state index in [1.54, 1.807) is 6.92 Å². The second-order valence-corrected chi connectivity index (χ2v) is 6.48. The minimum absolute atomic E-state index is 0.153. The Morgan fingerprint density at radius 1 is 1.27 bits per heavy atom. The van der Waals surface area contributed by atoms with Crippen molar-refractivity contribution >= 4 is 17.8 Å². The van der Waals surface area contributed by atoms with Gasteiger partial charge in [-0.15, -0.1) is 0 Å². The number of aryl methyl sites for hydroxylation is 2. The summed E-state index contributed by atoms with van der Waals surface area (Å²) >= 11 is 0. The van der Waals surface area contributed by atoms with Crippen LogP contribution in [0.15, 0.2) is 6.07 Å². The van der Waals surface area contributed by atoms with Gasteiger partial charge in [-0.05, 0) is 40.0 Å². The molecule has 1 fully saturated rings. The van der Waals surface area contributed by atoms with Gasteiger partial charge in [-0.3, -0.25) is 4.79 Å². The topological polar surface area (TPSA) is 96.4 Å². The highest BCUT2D eigenvalue weighted by atomic mass is 16.5. The number of urea groups is 1. The summed E-state index contributed by atoms with van der Waals surface area (Å²) in [5.74, 6) is 1.51. The summed E-state index contributed by atoms with van der Waals surface area (Å²) in [4.78, 5) is 34.2. The summed E-state index contributed by atoms with van der Waals surface area (Å²) in [6.45, 7) is 8.20. The van der Waals surface area contributed by atoms with E-state index in [1.807, 2.05) is 19.9 Å². The third-order valence-electron chi connectivity index (χ3n) is 4.26. The molecule has 0 spiro atoms. The number of esters is 1. The maximum Gasteiger partial charge on any atom is 0.315 e. The molecule has 1 aliphatic rings. The Morgan fingerprint density at radius 3 is 2.65 bits per heavy atom. The molecule has 0 aliphatic carbocycles. The number of nitrogens with zero attached hydrogens (tertiary/aromatic N) is 3. The fraction of sp³-hybridized carbons (Fsp3) is 0.667. The van der Waals surface area contributed by atoms with E-state index in [1.165, 1.54) is 0 Å². The van der Waals surface area contributed by atoms with E-state index < -0.39 is 0 Å². The zero-order chi connectivity index (χ0) is 18.9. The van der Waals surface area contributed by atoms with Gasteiger partial charge in [0.25, 0.3) is 0 Å². The molecule has 1 aliphatic heterocycles. The van der Waals surface area contributed by atoms with E-state index in [0.29, 0.717) is 26.0 Å². The molecule has 0 saturated carbocycles. The Morgan fingerprint density at radius 2 is 2.00 bits per heavy atom. The van der Waals surface area contributed by atoms with Crippen molar-refractivity contribution in [2.45, 2.75) is 52.5 Å². The molecule has 1 aromatic heterocycles. The Labute approximate surface area is 154 Å². The SMILES string of the molecule is CCOC(=O)CCCNC(=O)NC1CCN(c2cc(C)nc(C)n2)CC1. The van der Waals surface area contributed by atoms with Gasteiger partial charge >= 0.3 is 12.0 Å². The molecule has 8 nitrogen and oxygen atoms in total. The predicted molar refractivity (Wildman–Crippen MR) is 99.1 cm³/mol. The molecule has 0 unspecified atom stereocenters. The van der Waals surface area contributed by atoms with Crippen molar-refractivity contribution in [1.82, 2.24) is 20.6 Å². The van der Waals surface area contributed by atoms with Crippen LogP contribution in [-0.4, -0.2) is 54.3 Å². The van der Waals surface area contributed by atoms with Gasteiger partial charge in [-0.1, -0.05) is 0 Å². The number of aromatic nitrogens is 2. The minimum atomic E-state index is -0.225. The first-order chi connectivity index (χ1) is 12.5. The lowest BCUT2D eigenvalue weighted by atomic mass is 10.1. The zero-order valence-corrected chi connectivity index (χ0v) is 15.9. The van der Waals surface area contributed by atoms with Gasteiger partial charge in [-0.2, -0.15) is 0 Å². The van der Waals surface area contributed by atoms with E-state index in [0.717, 1.165) is 43.3 Å². The van der Waals surface area contributed by atoms with Gasteiger partial charge in [0, 0.05) is 43.9 Å². The van der Waals surface area contributed by atoms with Crippen LogP contribution in [-0.2, 0) is 9.53 Å². The number of rotatable bonds is 7. The van der Waals surface area contributed by atoms with Gasteiger partial charge < -0.3 is 20.3 Å². The van der Waals surface area contributed by atoms with Crippen molar-refractivity contribution < 1.29 is 14.3 Å². The second-order valence-electron chi connectivity index (χ2n) is 6.48. The summed E-state index contributed by atoms with van der Waals surface area (Å²) < 4.78 is 4.85. The first kappa shape index (κ1) is 19.9. The van der Waals surface area contributed by atoms with Crippen LogP contribution in [0.5, 0.6) is 0 Å². The predicted octanol–water partition coefficient (Wildman–Crippen LogP) is 1.70. The molecule has 144 valence electrons. The number of carbonyl (C=O) groups is 2. The Kier molecular flexibility index (Phi) is 7.62. The highest BCUT2D eigenvalue weighted by molar-refractivity contribution is 5.74. The number of amides is 2. The monoisotopic (exact) mass is 363 g/mol. The molecule has 2 heterocycles. The van der Waals surface area contributed by atoms with Crippen molar-refractivity contribution in [2.24, 2.45) is 0 Å². The van der Waals surface area contributed by atoms with E-state index in [4.69, 9.17) is 4.74 Å². The second kappa shape index (κ2) is 9.94. The number of hydrogen-bond acceptors (Lipinski definition) is 6. The summed E-state index contributed by atoms with van der Waals surface area (Å²) in [5, 5.41) is 5.79. The number of ether oxygens (including phenoxy) is 1. The third kappa shape index (κ3) is 6.50. The normalized spacial score (nSPS) is 14.8. The van der Waals surface area contributed by atoms with Crippen LogP contribution in [0, 0.1) is 13.8 Å². The van der Waals surface area contributed by atoms with Crippen molar-refractivity contribution in [1.29, 1.82) is 0 Å². The van der Waals surface area contributed by atoms with Crippen LogP contribution in [0.1, 0.15) is 44.1 Å². The van der Waals surface area contributed by atoms with Crippen LogP contribution in [0.4, 0.5) is 10.6 Å². The van der Waals surface area contributed by atoms with Gasteiger partial charge in [0.1, 0.15) is 11.6 Å².